The van der Waals surface area contributed by atoms with E-state index in [0.717, 1.165) is 19.4 Å². The van der Waals surface area contributed by atoms with Crippen LogP contribution >= 0.6 is 0 Å². The summed E-state index contributed by atoms with van der Waals surface area (Å²) >= 11 is 0. The van der Waals surface area contributed by atoms with Crippen LogP contribution in [-0.2, 0) is 9.47 Å². The second kappa shape index (κ2) is 10.1. The molecule has 8 nitrogen and oxygen atoms in total. The molecule has 0 aromatic carbocycles. The first-order valence-corrected chi connectivity index (χ1v) is 7.08. The average Bonchev–Trinajstić information content (AvgIpc) is 2.48. The molecule has 0 aliphatic carbocycles. The number of anilines is 2. The molecule has 0 unspecified atom stereocenters. The van der Waals surface area contributed by atoms with Crippen molar-refractivity contribution >= 4 is 11.9 Å². The Labute approximate surface area is 125 Å². The normalized spacial score (nSPS) is 10.6. The van der Waals surface area contributed by atoms with Gasteiger partial charge in [0.15, 0.2) is 0 Å². The molecule has 1 heterocycles. The molecule has 0 saturated heterocycles. The molecule has 1 aromatic heterocycles. The number of rotatable bonds is 11. The zero-order valence-corrected chi connectivity index (χ0v) is 13.0. The van der Waals surface area contributed by atoms with E-state index in [4.69, 9.17) is 19.9 Å². The Kier molecular flexibility index (Phi) is 8.37. The molecule has 2 N–H and O–H groups in total. The Morgan fingerprint density at radius 2 is 1.76 bits per heavy atom. The van der Waals surface area contributed by atoms with Gasteiger partial charge in [0, 0.05) is 33.9 Å². The van der Waals surface area contributed by atoms with Gasteiger partial charge in [-0.25, -0.2) is 0 Å². The van der Waals surface area contributed by atoms with Crippen LogP contribution in [0.3, 0.4) is 0 Å². The highest BCUT2D eigenvalue weighted by Crippen LogP contribution is 2.14. The number of nitrogen functional groups attached to an aromatic ring is 1. The molecule has 1 aromatic rings. The topological polar surface area (TPSA) is 95.6 Å². The summed E-state index contributed by atoms with van der Waals surface area (Å²) in [6, 6.07) is 0.258. The maximum atomic E-state index is 5.73. The molecule has 0 bridgehead atoms. The second-order valence-electron chi connectivity index (χ2n) is 4.45. The minimum Gasteiger partial charge on any atom is -0.463 e. The van der Waals surface area contributed by atoms with Crippen LogP contribution in [0.2, 0.25) is 0 Å². The van der Waals surface area contributed by atoms with Gasteiger partial charge in [0.2, 0.25) is 11.9 Å². The molecule has 120 valence electrons. The van der Waals surface area contributed by atoms with Crippen molar-refractivity contribution in [3.8, 4) is 6.01 Å². The lowest BCUT2D eigenvalue weighted by Gasteiger charge is -2.22. The SMILES string of the molecule is CCCOc1nc(N)nc(N(CCCOC)CCOC)n1. The first-order valence-electron chi connectivity index (χ1n) is 7.08. The molecule has 0 saturated carbocycles. The highest BCUT2D eigenvalue weighted by molar-refractivity contribution is 5.35. The lowest BCUT2D eigenvalue weighted by Crippen LogP contribution is -2.31. The summed E-state index contributed by atoms with van der Waals surface area (Å²) in [4.78, 5) is 14.5. The summed E-state index contributed by atoms with van der Waals surface area (Å²) in [5.74, 6) is 0.655. The highest BCUT2D eigenvalue weighted by Gasteiger charge is 2.13. The van der Waals surface area contributed by atoms with E-state index < -0.39 is 0 Å². The lowest BCUT2D eigenvalue weighted by molar-refractivity contribution is 0.190. The molecule has 8 heteroatoms. The van der Waals surface area contributed by atoms with Gasteiger partial charge < -0.3 is 24.8 Å². The predicted octanol–water partition coefficient (Wildman–Crippen LogP) is 0.732. The third kappa shape index (κ3) is 6.54. The molecule has 0 fully saturated rings. The highest BCUT2D eigenvalue weighted by atomic mass is 16.5. The fourth-order valence-corrected chi connectivity index (χ4v) is 1.67. The summed E-state index contributed by atoms with van der Waals surface area (Å²) in [6.45, 7) is 5.21. The van der Waals surface area contributed by atoms with Gasteiger partial charge in [-0.1, -0.05) is 6.92 Å². The molecule has 1 rings (SSSR count). The second-order valence-corrected chi connectivity index (χ2v) is 4.45. The Morgan fingerprint density at radius 1 is 1.00 bits per heavy atom. The Bertz CT molecular complexity index is 405. The van der Waals surface area contributed by atoms with E-state index in [1.807, 2.05) is 11.8 Å². The van der Waals surface area contributed by atoms with Crippen LogP contribution in [0.4, 0.5) is 11.9 Å². The van der Waals surface area contributed by atoms with E-state index in [2.05, 4.69) is 15.0 Å². The number of ether oxygens (including phenoxy) is 3. The zero-order chi connectivity index (χ0) is 15.5. The van der Waals surface area contributed by atoms with E-state index >= 15 is 0 Å². The third-order valence-electron chi connectivity index (χ3n) is 2.68. The van der Waals surface area contributed by atoms with E-state index in [0.29, 0.717) is 32.3 Å². The fourth-order valence-electron chi connectivity index (χ4n) is 1.67. The van der Waals surface area contributed by atoms with Gasteiger partial charge in [0.1, 0.15) is 0 Å². The predicted molar refractivity (Wildman–Crippen MR) is 80.6 cm³/mol. The van der Waals surface area contributed by atoms with Crippen LogP contribution in [0.5, 0.6) is 6.01 Å². The molecule has 0 radical (unpaired) electrons. The molecular weight excluding hydrogens is 274 g/mol. The monoisotopic (exact) mass is 299 g/mol. The van der Waals surface area contributed by atoms with Crippen molar-refractivity contribution < 1.29 is 14.2 Å². The van der Waals surface area contributed by atoms with Gasteiger partial charge in [-0.2, -0.15) is 15.0 Å². The summed E-state index contributed by atoms with van der Waals surface area (Å²) in [6.07, 6.45) is 1.74. The number of hydrogen-bond donors (Lipinski definition) is 1. The van der Waals surface area contributed by atoms with Crippen LogP contribution in [0.25, 0.3) is 0 Å². The first kappa shape index (κ1) is 17.4. The van der Waals surface area contributed by atoms with Gasteiger partial charge >= 0.3 is 6.01 Å². The first-order chi connectivity index (χ1) is 10.2. The minimum absolute atomic E-state index is 0.153. The lowest BCUT2D eigenvalue weighted by atomic mass is 10.4. The number of methoxy groups -OCH3 is 2. The smallest absolute Gasteiger partial charge is 0.323 e. The van der Waals surface area contributed by atoms with Gasteiger partial charge in [-0.05, 0) is 12.8 Å². The van der Waals surface area contributed by atoms with Crippen molar-refractivity contribution in [1.29, 1.82) is 0 Å². The average molecular weight is 299 g/mol. The van der Waals surface area contributed by atoms with Crippen molar-refractivity contribution in [2.24, 2.45) is 0 Å². The molecule has 0 spiro atoms. The number of nitrogens with two attached hydrogens (primary N) is 1. The van der Waals surface area contributed by atoms with Crippen LogP contribution in [0.1, 0.15) is 19.8 Å². The molecule has 0 atom stereocenters. The van der Waals surface area contributed by atoms with E-state index in [1.54, 1.807) is 14.2 Å². The van der Waals surface area contributed by atoms with Crippen molar-refractivity contribution in [2.45, 2.75) is 19.8 Å². The van der Waals surface area contributed by atoms with Crippen molar-refractivity contribution in [2.75, 3.05) is 57.8 Å². The van der Waals surface area contributed by atoms with Gasteiger partial charge in [-0.15, -0.1) is 0 Å². The molecule has 0 aliphatic rings. The quantitative estimate of drug-likeness (QED) is 0.597. The maximum Gasteiger partial charge on any atom is 0.323 e. The van der Waals surface area contributed by atoms with Crippen LogP contribution in [-0.4, -0.2) is 62.1 Å². The number of aromatic nitrogens is 3. The molecule has 0 aliphatic heterocycles. The number of nitrogens with zero attached hydrogens (tertiary/aromatic N) is 4. The third-order valence-corrected chi connectivity index (χ3v) is 2.68. The van der Waals surface area contributed by atoms with Crippen molar-refractivity contribution in [1.82, 2.24) is 15.0 Å². The summed E-state index contributed by atoms with van der Waals surface area (Å²) in [5.41, 5.74) is 5.73. The van der Waals surface area contributed by atoms with E-state index in [-0.39, 0.29) is 12.0 Å². The fraction of sp³-hybridized carbons (Fsp3) is 0.769. The molecule has 0 amide bonds. The minimum atomic E-state index is 0.153. The zero-order valence-electron chi connectivity index (χ0n) is 13.0. The standard InChI is InChI=1S/C13H25N5O3/c1-4-8-21-13-16-11(14)15-12(17-13)18(7-10-20-3)6-5-9-19-2/h4-10H2,1-3H3,(H2,14,15,16,17). The molecule has 21 heavy (non-hydrogen) atoms. The van der Waals surface area contributed by atoms with Gasteiger partial charge in [0.05, 0.1) is 13.2 Å². The summed E-state index contributed by atoms with van der Waals surface area (Å²) < 4.78 is 15.6. The Balaban J connectivity index is 2.80. The van der Waals surface area contributed by atoms with Crippen molar-refractivity contribution in [3.63, 3.8) is 0 Å². The van der Waals surface area contributed by atoms with E-state index in [1.165, 1.54) is 0 Å². The van der Waals surface area contributed by atoms with Crippen LogP contribution in [0, 0.1) is 0 Å². The van der Waals surface area contributed by atoms with Gasteiger partial charge in [-0.3, -0.25) is 0 Å². The number of hydrogen-bond acceptors (Lipinski definition) is 8. The van der Waals surface area contributed by atoms with Crippen molar-refractivity contribution in [3.05, 3.63) is 0 Å². The van der Waals surface area contributed by atoms with Gasteiger partial charge in [0.25, 0.3) is 0 Å². The largest absolute Gasteiger partial charge is 0.463 e. The Hall–Kier alpha value is -1.67. The van der Waals surface area contributed by atoms with Crippen LogP contribution < -0.4 is 15.4 Å². The molecular formula is C13H25N5O3. The summed E-state index contributed by atoms with van der Waals surface area (Å²) in [7, 11) is 3.34. The van der Waals surface area contributed by atoms with E-state index in [9.17, 15) is 0 Å². The maximum absolute atomic E-state index is 5.73. The Morgan fingerprint density at radius 3 is 2.43 bits per heavy atom. The van der Waals surface area contributed by atoms with Crippen LogP contribution in [0.15, 0.2) is 0 Å². The summed E-state index contributed by atoms with van der Waals surface area (Å²) in [5, 5.41) is 0.